The van der Waals surface area contributed by atoms with Crippen molar-refractivity contribution in [1.82, 2.24) is 15.1 Å². The van der Waals surface area contributed by atoms with Gasteiger partial charge in [-0.05, 0) is 19.4 Å². The second kappa shape index (κ2) is 8.03. The van der Waals surface area contributed by atoms with E-state index in [4.69, 9.17) is 5.11 Å². The molecule has 0 amide bonds. The number of hydrogen-bond donors (Lipinski definition) is 2. The van der Waals surface area contributed by atoms with Gasteiger partial charge in [-0.1, -0.05) is 13.8 Å². The molecule has 1 saturated heterocycles. The zero-order valence-electron chi connectivity index (χ0n) is 11.7. The van der Waals surface area contributed by atoms with E-state index in [2.05, 4.69) is 29.0 Å². The molecule has 1 fully saturated rings. The Kier molecular flexibility index (Phi) is 7.04. The molecular formula is C13H29N3O. The second-order valence-corrected chi connectivity index (χ2v) is 5.49. The van der Waals surface area contributed by atoms with Crippen molar-refractivity contribution >= 4 is 0 Å². The lowest BCUT2D eigenvalue weighted by Gasteiger charge is -2.37. The van der Waals surface area contributed by atoms with Gasteiger partial charge in [-0.15, -0.1) is 0 Å². The molecule has 1 rings (SSSR count). The van der Waals surface area contributed by atoms with E-state index in [-0.39, 0.29) is 6.61 Å². The molecule has 1 aliphatic rings. The average molecular weight is 243 g/mol. The molecule has 1 atom stereocenters. The number of hydrogen-bond acceptors (Lipinski definition) is 4. The van der Waals surface area contributed by atoms with Crippen molar-refractivity contribution in [3.63, 3.8) is 0 Å². The van der Waals surface area contributed by atoms with E-state index in [9.17, 15) is 0 Å². The summed E-state index contributed by atoms with van der Waals surface area (Å²) < 4.78 is 0. The van der Waals surface area contributed by atoms with E-state index in [1.807, 2.05) is 7.05 Å². The zero-order chi connectivity index (χ0) is 12.7. The highest BCUT2D eigenvalue weighted by Gasteiger charge is 2.19. The highest BCUT2D eigenvalue weighted by Crippen LogP contribution is 2.06. The standard InChI is InChI=1S/C13H29N3O/c1-12(2)10-15-5-7-16(8-6-15)11-13(14-3)4-9-17/h12-14,17H,4-11H2,1-3H3. The first-order chi connectivity index (χ1) is 8.15. The predicted octanol–water partition coefficient (Wildman–Crippen LogP) is 0.230. The number of likely N-dealkylation sites (N-methyl/N-ethyl adjacent to an activating group) is 1. The minimum atomic E-state index is 0.277. The maximum absolute atomic E-state index is 8.97. The van der Waals surface area contributed by atoms with Gasteiger partial charge in [-0.3, -0.25) is 4.90 Å². The number of aliphatic hydroxyl groups is 1. The van der Waals surface area contributed by atoms with Gasteiger partial charge < -0.3 is 15.3 Å². The lowest BCUT2D eigenvalue weighted by atomic mass is 10.1. The highest BCUT2D eigenvalue weighted by atomic mass is 16.3. The van der Waals surface area contributed by atoms with Crippen molar-refractivity contribution in [3.8, 4) is 0 Å². The quantitative estimate of drug-likeness (QED) is 0.671. The summed E-state index contributed by atoms with van der Waals surface area (Å²) in [6.07, 6.45) is 0.850. The molecule has 1 aliphatic heterocycles. The monoisotopic (exact) mass is 243 g/mol. The Hall–Kier alpha value is -0.160. The Morgan fingerprint density at radius 1 is 1.06 bits per heavy atom. The molecule has 0 aromatic rings. The van der Waals surface area contributed by atoms with Crippen molar-refractivity contribution < 1.29 is 5.11 Å². The van der Waals surface area contributed by atoms with Gasteiger partial charge in [0.05, 0.1) is 0 Å². The highest BCUT2D eigenvalue weighted by molar-refractivity contribution is 4.77. The van der Waals surface area contributed by atoms with Crippen LogP contribution in [0.4, 0.5) is 0 Å². The van der Waals surface area contributed by atoms with Crippen LogP contribution in [0.2, 0.25) is 0 Å². The molecule has 0 aromatic heterocycles. The van der Waals surface area contributed by atoms with Crippen LogP contribution in [0.3, 0.4) is 0 Å². The van der Waals surface area contributed by atoms with Gasteiger partial charge in [0.25, 0.3) is 0 Å². The lowest BCUT2D eigenvalue weighted by Crippen LogP contribution is -2.51. The summed E-state index contributed by atoms with van der Waals surface area (Å²) in [5.74, 6) is 0.765. The van der Waals surface area contributed by atoms with Crippen LogP contribution in [0, 0.1) is 5.92 Å². The first-order valence-corrected chi connectivity index (χ1v) is 6.88. The molecule has 17 heavy (non-hydrogen) atoms. The molecule has 4 nitrogen and oxygen atoms in total. The van der Waals surface area contributed by atoms with Crippen LogP contribution in [0.5, 0.6) is 0 Å². The predicted molar refractivity (Wildman–Crippen MR) is 72.3 cm³/mol. The average Bonchev–Trinajstić information content (AvgIpc) is 2.30. The van der Waals surface area contributed by atoms with E-state index >= 15 is 0 Å². The van der Waals surface area contributed by atoms with Gasteiger partial charge in [0.2, 0.25) is 0 Å². The molecule has 102 valence electrons. The van der Waals surface area contributed by atoms with Crippen molar-refractivity contribution in [2.24, 2.45) is 5.92 Å². The van der Waals surface area contributed by atoms with Gasteiger partial charge in [-0.2, -0.15) is 0 Å². The molecule has 1 unspecified atom stereocenters. The maximum atomic E-state index is 8.97. The molecule has 0 aliphatic carbocycles. The molecule has 0 spiro atoms. The SMILES string of the molecule is CNC(CCO)CN1CCN(CC(C)C)CC1. The van der Waals surface area contributed by atoms with Crippen LogP contribution in [-0.4, -0.2) is 73.9 Å². The minimum absolute atomic E-state index is 0.277. The molecule has 0 radical (unpaired) electrons. The number of piperazine rings is 1. The van der Waals surface area contributed by atoms with E-state index in [1.165, 1.54) is 19.6 Å². The maximum Gasteiger partial charge on any atom is 0.0446 e. The van der Waals surface area contributed by atoms with Crippen LogP contribution in [0.25, 0.3) is 0 Å². The fourth-order valence-electron chi connectivity index (χ4n) is 2.47. The van der Waals surface area contributed by atoms with Gasteiger partial charge >= 0.3 is 0 Å². The van der Waals surface area contributed by atoms with Crippen LogP contribution in [-0.2, 0) is 0 Å². The minimum Gasteiger partial charge on any atom is -0.396 e. The summed E-state index contributed by atoms with van der Waals surface area (Å²) >= 11 is 0. The van der Waals surface area contributed by atoms with Crippen LogP contribution in [0.1, 0.15) is 20.3 Å². The lowest BCUT2D eigenvalue weighted by molar-refractivity contribution is 0.111. The largest absolute Gasteiger partial charge is 0.396 e. The van der Waals surface area contributed by atoms with E-state index in [1.54, 1.807) is 0 Å². The van der Waals surface area contributed by atoms with E-state index < -0.39 is 0 Å². The fourth-order valence-corrected chi connectivity index (χ4v) is 2.47. The number of nitrogens with zero attached hydrogens (tertiary/aromatic N) is 2. The number of nitrogens with one attached hydrogen (secondary N) is 1. The molecule has 0 aromatic carbocycles. The summed E-state index contributed by atoms with van der Waals surface area (Å²) in [5, 5.41) is 12.3. The first-order valence-electron chi connectivity index (χ1n) is 6.88. The Morgan fingerprint density at radius 2 is 1.59 bits per heavy atom. The summed E-state index contributed by atoms with van der Waals surface area (Å²) in [6.45, 7) is 11.8. The summed E-state index contributed by atoms with van der Waals surface area (Å²) in [7, 11) is 1.98. The summed E-state index contributed by atoms with van der Waals surface area (Å²) in [6, 6.07) is 0.427. The van der Waals surface area contributed by atoms with Crippen molar-refractivity contribution in [2.45, 2.75) is 26.3 Å². The van der Waals surface area contributed by atoms with Gasteiger partial charge in [-0.25, -0.2) is 0 Å². The zero-order valence-corrected chi connectivity index (χ0v) is 11.7. The van der Waals surface area contributed by atoms with Crippen LogP contribution in [0.15, 0.2) is 0 Å². The molecular weight excluding hydrogens is 214 g/mol. The third kappa shape index (κ3) is 5.82. The fraction of sp³-hybridized carbons (Fsp3) is 1.00. The Labute approximate surface area is 106 Å². The third-order valence-electron chi connectivity index (χ3n) is 3.45. The molecule has 4 heteroatoms. The summed E-state index contributed by atoms with van der Waals surface area (Å²) in [5.41, 5.74) is 0. The normalized spacial score (nSPS) is 21.0. The number of aliphatic hydroxyl groups excluding tert-OH is 1. The van der Waals surface area contributed by atoms with Crippen molar-refractivity contribution in [2.75, 3.05) is 52.9 Å². The topological polar surface area (TPSA) is 38.7 Å². The Bertz CT molecular complexity index is 191. The van der Waals surface area contributed by atoms with E-state index in [0.29, 0.717) is 6.04 Å². The second-order valence-electron chi connectivity index (χ2n) is 5.49. The van der Waals surface area contributed by atoms with Crippen molar-refractivity contribution in [3.05, 3.63) is 0 Å². The van der Waals surface area contributed by atoms with Crippen molar-refractivity contribution in [1.29, 1.82) is 0 Å². The smallest absolute Gasteiger partial charge is 0.0446 e. The molecule has 0 bridgehead atoms. The molecule has 0 saturated carbocycles. The Morgan fingerprint density at radius 3 is 2.00 bits per heavy atom. The third-order valence-corrected chi connectivity index (χ3v) is 3.45. The number of rotatable bonds is 7. The first kappa shape index (κ1) is 14.9. The van der Waals surface area contributed by atoms with Crippen LogP contribution >= 0.6 is 0 Å². The van der Waals surface area contributed by atoms with Crippen LogP contribution < -0.4 is 5.32 Å². The Balaban J connectivity index is 2.22. The van der Waals surface area contributed by atoms with Gasteiger partial charge in [0.1, 0.15) is 0 Å². The van der Waals surface area contributed by atoms with E-state index in [0.717, 1.165) is 32.0 Å². The van der Waals surface area contributed by atoms with Gasteiger partial charge in [0, 0.05) is 51.9 Å². The summed E-state index contributed by atoms with van der Waals surface area (Å²) in [4.78, 5) is 5.06. The molecule has 2 N–H and O–H groups in total. The molecule has 1 heterocycles. The van der Waals surface area contributed by atoms with Gasteiger partial charge in [0.15, 0.2) is 0 Å².